The standard InChI is InChI=1S/C26H33N3O5S/c1-5-29(6-2)25(20-9-7-10-21(15-20)33-4)18-27-26(30)24-16-23(13-12-19(24)3)35(31,32)28-17-22-11-8-14-34-22/h7-16,25,28H,5-6,17-18H2,1-4H3,(H,27,30). The maximum Gasteiger partial charge on any atom is 0.251 e. The van der Waals surface area contributed by atoms with Gasteiger partial charge < -0.3 is 14.5 Å². The molecule has 2 N–H and O–H groups in total. The smallest absolute Gasteiger partial charge is 0.251 e. The molecule has 0 saturated carbocycles. The average Bonchev–Trinajstić information content (AvgIpc) is 3.39. The number of aryl methyl sites for hydroxylation is 1. The van der Waals surface area contributed by atoms with Crippen molar-refractivity contribution in [2.75, 3.05) is 26.7 Å². The largest absolute Gasteiger partial charge is 0.497 e. The van der Waals surface area contributed by atoms with E-state index < -0.39 is 10.0 Å². The van der Waals surface area contributed by atoms with E-state index in [2.05, 4.69) is 28.8 Å². The Balaban J connectivity index is 1.78. The van der Waals surface area contributed by atoms with Gasteiger partial charge in [0.2, 0.25) is 10.0 Å². The highest BCUT2D eigenvalue weighted by atomic mass is 32.2. The summed E-state index contributed by atoms with van der Waals surface area (Å²) in [6.07, 6.45) is 1.48. The van der Waals surface area contributed by atoms with Gasteiger partial charge in [0, 0.05) is 12.1 Å². The lowest BCUT2D eigenvalue weighted by atomic mass is 10.0. The summed E-state index contributed by atoms with van der Waals surface area (Å²) in [5.41, 5.74) is 2.03. The van der Waals surface area contributed by atoms with Crippen LogP contribution in [0.5, 0.6) is 5.75 Å². The number of carbonyl (C=O) groups excluding carboxylic acids is 1. The molecule has 0 spiro atoms. The maximum absolute atomic E-state index is 13.2. The fourth-order valence-electron chi connectivity index (χ4n) is 3.93. The minimum atomic E-state index is -3.82. The molecule has 1 aromatic heterocycles. The number of amides is 1. The van der Waals surface area contributed by atoms with Crippen LogP contribution in [0.2, 0.25) is 0 Å². The van der Waals surface area contributed by atoms with Gasteiger partial charge >= 0.3 is 0 Å². The zero-order chi connectivity index (χ0) is 25.4. The van der Waals surface area contributed by atoms with E-state index in [0.29, 0.717) is 23.4 Å². The van der Waals surface area contributed by atoms with Crippen LogP contribution in [0.15, 0.2) is 70.2 Å². The number of carbonyl (C=O) groups is 1. The summed E-state index contributed by atoms with van der Waals surface area (Å²) in [5.74, 6) is 0.922. The van der Waals surface area contributed by atoms with Crippen molar-refractivity contribution in [3.8, 4) is 5.75 Å². The number of benzene rings is 2. The first kappa shape index (κ1) is 26.5. The Morgan fingerprint density at radius 1 is 1.09 bits per heavy atom. The second-order valence-electron chi connectivity index (χ2n) is 8.10. The molecule has 1 unspecified atom stereocenters. The summed E-state index contributed by atoms with van der Waals surface area (Å²) >= 11 is 0. The number of furan rings is 1. The quantitative estimate of drug-likeness (QED) is 0.392. The second kappa shape index (κ2) is 12.0. The number of sulfonamides is 1. The van der Waals surface area contributed by atoms with E-state index in [0.717, 1.165) is 24.4 Å². The van der Waals surface area contributed by atoms with Gasteiger partial charge in [0.1, 0.15) is 11.5 Å². The molecule has 2 aromatic carbocycles. The Morgan fingerprint density at radius 3 is 2.51 bits per heavy atom. The van der Waals surface area contributed by atoms with Gasteiger partial charge in [-0.25, -0.2) is 13.1 Å². The van der Waals surface area contributed by atoms with Gasteiger partial charge in [0.05, 0.1) is 30.9 Å². The Morgan fingerprint density at radius 2 is 1.86 bits per heavy atom. The van der Waals surface area contributed by atoms with Gasteiger partial charge in [-0.15, -0.1) is 0 Å². The van der Waals surface area contributed by atoms with Crippen LogP contribution in [-0.2, 0) is 16.6 Å². The molecule has 0 aliphatic heterocycles. The number of rotatable bonds is 12. The lowest BCUT2D eigenvalue weighted by Crippen LogP contribution is -2.38. The molecule has 3 aromatic rings. The molecular weight excluding hydrogens is 466 g/mol. The summed E-state index contributed by atoms with van der Waals surface area (Å²) in [4.78, 5) is 15.4. The fourth-order valence-corrected chi connectivity index (χ4v) is 4.95. The topological polar surface area (TPSA) is 101 Å². The number of hydrogen-bond acceptors (Lipinski definition) is 6. The Hall–Kier alpha value is -3.14. The molecule has 0 fully saturated rings. The number of nitrogens with one attached hydrogen (secondary N) is 2. The van der Waals surface area contributed by atoms with Crippen LogP contribution in [-0.4, -0.2) is 46.0 Å². The second-order valence-corrected chi connectivity index (χ2v) is 9.87. The van der Waals surface area contributed by atoms with E-state index >= 15 is 0 Å². The van der Waals surface area contributed by atoms with Crippen LogP contribution in [0.25, 0.3) is 0 Å². The maximum atomic E-state index is 13.2. The average molecular weight is 500 g/mol. The van der Waals surface area contributed by atoms with E-state index in [4.69, 9.17) is 9.15 Å². The van der Waals surface area contributed by atoms with Crippen molar-refractivity contribution in [2.45, 2.75) is 38.3 Å². The van der Waals surface area contributed by atoms with Crippen molar-refractivity contribution < 1.29 is 22.4 Å². The minimum Gasteiger partial charge on any atom is -0.497 e. The first-order chi connectivity index (χ1) is 16.8. The predicted octanol–water partition coefficient (Wildman–Crippen LogP) is 3.89. The molecule has 0 aliphatic carbocycles. The van der Waals surface area contributed by atoms with E-state index in [-0.39, 0.29) is 23.4 Å². The van der Waals surface area contributed by atoms with Crippen LogP contribution in [0.3, 0.4) is 0 Å². The molecule has 8 nitrogen and oxygen atoms in total. The number of ether oxygens (including phenoxy) is 1. The van der Waals surface area contributed by atoms with Gasteiger partial charge in [-0.2, -0.15) is 0 Å². The van der Waals surface area contributed by atoms with Crippen LogP contribution in [0, 0.1) is 6.92 Å². The summed E-state index contributed by atoms with van der Waals surface area (Å²) < 4.78 is 38.6. The van der Waals surface area contributed by atoms with E-state index in [9.17, 15) is 13.2 Å². The minimum absolute atomic E-state index is 0.0212. The van der Waals surface area contributed by atoms with Gasteiger partial charge in [0.15, 0.2) is 0 Å². The molecule has 9 heteroatoms. The third-order valence-electron chi connectivity index (χ3n) is 5.97. The third kappa shape index (κ3) is 6.72. The first-order valence-electron chi connectivity index (χ1n) is 11.6. The fraction of sp³-hybridized carbons (Fsp3) is 0.346. The molecular formula is C26H33N3O5S. The summed E-state index contributed by atoms with van der Waals surface area (Å²) in [6, 6.07) is 15.7. The molecule has 35 heavy (non-hydrogen) atoms. The monoisotopic (exact) mass is 499 g/mol. The van der Waals surface area contributed by atoms with Gasteiger partial charge in [-0.1, -0.05) is 32.0 Å². The van der Waals surface area contributed by atoms with Crippen LogP contribution in [0.4, 0.5) is 0 Å². The number of hydrogen-bond donors (Lipinski definition) is 2. The summed E-state index contributed by atoms with van der Waals surface area (Å²) in [6.45, 7) is 7.94. The SMILES string of the molecule is CCN(CC)C(CNC(=O)c1cc(S(=O)(=O)NCc2ccco2)ccc1C)c1cccc(OC)c1. The van der Waals surface area contributed by atoms with E-state index in [1.165, 1.54) is 18.4 Å². The van der Waals surface area contributed by atoms with Crippen LogP contribution >= 0.6 is 0 Å². The lowest BCUT2D eigenvalue weighted by Gasteiger charge is -2.30. The Labute approximate surface area is 207 Å². The Kier molecular flexibility index (Phi) is 9.08. The highest BCUT2D eigenvalue weighted by molar-refractivity contribution is 7.89. The molecule has 188 valence electrons. The Bertz CT molecular complexity index is 1220. The lowest BCUT2D eigenvalue weighted by molar-refractivity contribution is 0.0934. The van der Waals surface area contributed by atoms with Gasteiger partial charge in [-0.3, -0.25) is 9.69 Å². The molecule has 0 bridgehead atoms. The van der Waals surface area contributed by atoms with E-state index in [1.807, 2.05) is 24.3 Å². The third-order valence-corrected chi connectivity index (χ3v) is 7.37. The molecule has 1 amide bonds. The van der Waals surface area contributed by atoms with Crippen LogP contribution < -0.4 is 14.8 Å². The van der Waals surface area contributed by atoms with Crippen molar-refractivity contribution in [3.05, 3.63) is 83.3 Å². The van der Waals surface area contributed by atoms with Crippen molar-refractivity contribution >= 4 is 15.9 Å². The van der Waals surface area contributed by atoms with Gasteiger partial charge in [-0.05, 0) is 67.5 Å². The highest BCUT2D eigenvalue weighted by Crippen LogP contribution is 2.24. The van der Waals surface area contributed by atoms with Crippen molar-refractivity contribution in [1.82, 2.24) is 14.9 Å². The zero-order valence-electron chi connectivity index (χ0n) is 20.6. The molecule has 0 aliphatic rings. The number of methoxy groups -OCH3 is 1. The normalized spacial score (nSPS) is 12.5. The highest BCUT2D eigenvalue weighted by Gasteiger charge is 2.22. The molecule has 0 radical (unpaired) electrons. The van der Waals surface area contributed by atoms with Gasteiger partial charge in [0.25, 0.3) is 5.91 Å². The first-order valence-corrected chi connectivity index (χ1v) is 13.1. The summed E-state index contributed by atoms with van der Waals surface area (Å²) in [7, 11) is -2.20. The molecule has 3 rings (SSSR count). The van der Waals surface area contributed by atoms with E-state index in [1.54, 1.807) is 32.2 Å². The predicted molar refractivity (Wildman–Crippen MR) is 135 cm³/mol. The number of likely N-dealkylation sites (N-methyl/N-ethyl adjacent to an activating group) is 1. The van der Waals surface area contributed by atoms with Crippen LogP contribution in [0.1, 0.15) is 47.1 Å². The molecule has 0 saturated heterocycles. The molecule has 1 heterocycles. The summed E-state index contributed by atoms with van der Waals surface area (Å²) in [5, 5.41) is 3.01. The van der Waals surface area contributed by atoms with Crippen molar-refractivity contribution in [1.29, 1.82) is 0 Å². The van der Waals surface area contributed by atoms with Crippen molar-refractivity contribution in [3.63, 3.8) is 0 Å². The number of nitrogens with zero attached hydrogens (tertiary/aromatic N) is 1. The van der Waals surface area contributed by atoms with Crippen molar-refractivity contribution in [2.24, 2.45) is 0 Å². The zero-order valence-corrected chi connectivity index (χ0v) is 21.4. The molecule has 1 atom stereocenters.